The zero-order valence-corrected chi connectivity index (χ0v) is 19.7. The van der Waals surface area contributed by atoms with Gasteiger partial charge in [0.2, 0.25) is 0 Å². The molecule has 2 aromatic carbocycles. The first-order valence-electron chi connectivity index (χ1n) is 9.48. The van der Waals surface area contributed by atoms with E-state index in [4.69, 9.17) is 4.74 Å². The van der Waals surface area contributed by atoms with Gasteiger partial charge in [-0.2, -0.15) is 5.26 Å². The van der Waals surface area contributed by atoms with E-state index < -0.39 is 10.0 Å². The van der Waals surface area contributed by atoms with Crippen LogP contribution >= 0.6 is 22.7 Å². The van der Waals surface area contributed by atoms with Crippen molar-refractivity contribution in [2.24, 2.45) is 0 Å². The summed E-state index contributed by atoms with van der Waals surface area (Å²) < 4.78 is 32.5. The molecule has 0 atom stereocenters. The molecular weight excluding hydrogens is 478 g/mol. The molecule has 0 saturated carbocycles. The molecule has 0 spiro atoms. The van der Waals surface area contributed by atoms with Crippen LogP contribution in [-0.2, 0) is 10.0 Å². The van der Waals surface area contributed by atoms with Crippen molar-refractivity contribution in [1.82, 2.24) is 9.97 Å². The van der Waals surface area contributed by atoms with Gasteiger partial charge in [-0.25, -0.2) is 18.4 Å². The number of anilines is 2. The van der Waals surface area contributed by atoms with Gasteiger partial charge < -0.3 is 10.1 Å². The molecule has 0 saturated heterocycles. The fourth-order valence-corrected chi connectivity index (χ4v) is 5.35. The van der Waals surface area contributed by atoms with Crippen molar-refractivity contribution in [1.29, 1.82) is 5.26 Å². The molecule has 2 heterocycles. The molecule has 11 heteroatoms. The Hall–Kier alpha value is -3.72. The van der Waals surface area contributed by atoms with Crippen LogP contribution in [-0.4, -0.2) is 25.5 Å². The maximum Gasteiger partial charge on any atom is 0.263 e. The highest BCUT2D eigenvalue weighted by Crippen LogP contribution is 2.27. The molecule has 0 bridgehead atoms. The second-order valence-corrected chi connectivity index (χ2v) is 9.98. The highest BCUT2D eigenvalue weighted by atomic mass is 32.2. The highest BCUT2D eigenvalue weighted by molar-refractivity contribution is 7.93. The third-order valence-corrected chi connectivity index (χ3v) is 7.49. The van der Waals surface area contributed by atoms with E-state index >= 15 is 0 Å². The summed E-state index contributed by atoms with van der Waals surface area (Å²) in [7, 11) is -2.11. The van der Waals surface area contributed by atoms with Gasteiger partial charge in [-0.1, -0.05) is 0 Å². The predicted octanol–water partition coefficient (Wildman–Crippen LogP) is 5.05. The number of aromatic nitrogens is 2. The van der Waals surface area contributed by atoms with Crippen molar-refractivity contribution >= 4 is 49.1 Å². The van der Waals surface area contributed by atoms with E-state index in [-0.39, 0.29) is 4.90 Å². The van der Waals surface area contributed by atoms with E-state index in [1.807, 2.05) is 29.6 Å². The van der Waals surface area contributed by atoms with Crippen molar-refractivity contribution in [3.8, 4) is 23.1 Å². The molecule has 0 radical (unpaired) electrons. The minimum absolute atomic E-state index is 0.108. The molecule has 166 valence electrons. The third kappa shape index (κ3) is 5.38. The number of nitrogens with one attached hydrogen (secondary N) is 2. The number of methoxy groups -OCH3 is 1. The van der Waals surface area contributed by atoms with Gasteiger partial charge in [-0.3, -0.25) is 4.72 Å². The van der Waals surface area contributed by atoms with Gasteiger partial charge in [0.05, 0.1) is 17.7 Å². The molecule has 0 amide bonds. The molecule has 0 fully saturated rings. The lowest BCUT2D eigenvalue weighted by molar-refractivity contribution is 0.415. The summed E-state index contributed by atoms with van der Waals surface area (Å²) in [4.78, 5) is 8.59. The molecule has 2 aromatic heterocycles. The summed E-state index contributed by atoms with van der Waals surface area (Å²) in [6, 6.07) is 15.9. The topological polar surface area (TPSA) is 117 Å². The number of nitriles is 1. The minimum atomic E-state index is -3.72. The fourth-order valence-electron chi connectivity index (χ4n) is 2.77. The number of allylic oxidation sites excluding steroid dienone is 1. The Morgan fingerprint density at radius 3 is 2.52 bits per heavy atom. The Labute approximate surface area is 198 Å². The molecule has 2 N–H and O–H groups in total. The van der Waals surface area contributed by atoms with Crippen molar-refractivity contribution in [3.05, 3.63) is 76.7 Å². The van der Waals surface area contributed by atoms with E-state index in [1.165, 1.54) is 41.0 Å². The number of thiazole rings is 2. The van der Waals surface area contributed by atoms with Crippen LogP contribution in [0.4, 0.5) is 10.8 Å². The third-order valence-electron chi connectivity index (χ3n) is 4.44. The Kier molecular flexibility index (Phi) is 6.69. The Bertz CT molecular complexity index is 1400. The van der Waals surface area contributed by atoms with Gasteiger partial charge in [0, 0.05) is 34.4 Å². The minimum Gasteiger partial charge on any atom is -0.497 e. The van der Waals surface area contributed by atoms with Crippen molar-refractivity contribution in [2.75, 3.05) is 17.1 Å². The number of hydrogen-bond donors (Lipinski definition) is 2. The average molecular weight is 496 g/mol. The number of ether oxygens (including phenoxy) is 1. The van der Waals surface area contributed by atoms with E-state index in [0.717, 1.165) is 17.0 Å². The monoisotopic (exact) mass is 495 g/mol. The molecule has 0 aliphatic heterocycles. The molecule has 33 heavy (non-hydrogen) atoms. The quantitative estimate of drug-likeness (QED) is 0.328. The first-order chi connectivity index (χ1) is 16.0. The Morgan fingerprint density at radius 2 is 1.88 bits per heavy atom. The summed E-state index contributed by atoms with van der Waals surface area (Å²) >= 11 is 2.56. The molecule has 0 unspecified atom stereocenters. The van der Waals surface area contributed by atoms with Crippen molar-refractivity contribution < 1.29 is 13.2 Å². The van der Waals surface area contributed by atoms with Gasteiger partial charge in [-0.15, -0.1) is 22.7 Å². The molecule has 0 aliphatic carbocycles. The summed E-state index contributed by atoms with van der Waals surface area (Å²) in [5, 5.41) is 17.0. The van der Waals surface area contributed by atoms with Gasteiger partial charge in [-0.05, 0) is 48.5 Å². The van der Waals surface area contributed by atoms with Gasteiger partial charge in [0.25, 0.3) is 10.0 Å². The second-order valence-electron chi connectivity index (χ2n) is 6.55. The van der Waals surface area contributed by atoms with Crippen molar-refractivity contribution in [3.63, 3.8) is 0 Å². The van der Waals surface area contributed by atoms with Crippen molar-refractivity contribution in [2.45, 2.75) is 4.90 Å². The van der Waals surface area contributed by atoms with Crippen LogP contribution in [0.3, 0.4) is 0 Å². The maximum absolute atomic E-state index is 12.4. The number of hydrogen-bond acceptors (Lipinski definition) is 9. The fraction of sp³-hybridized carbons (Fsp3) is 0.0455. The summed E-state index contributed by atoms with van der Waals surface area (Å²) in [5.74, 6) is 0.758. The van der Waals surface area contributed by atoms with Crippen LogP contribution in [0.25, 0.3) is 16.8 Å². The number of benzene rings is 2. The van der Waals surface area contributed by atoms with Crippen LogP contribution in [0, 0.1) is 11.3 Å². The lowest BCUT2D eigenvalue weighted by Crippen LogP contribution is -2.12. The SMILES string of the molecule is COc1ccc(-c2csc(/C(C#N)=C/Nc3ccc(S(=O)(=O)Nc4nccs4)cc3)n2)cc1. The van der Waals surface area contributed by atoms with Crippen LogP contribution in [0.15, 0.2) is 76.6 Å². The largest absolute Gasteiger partial charge is 0.497 e. The van der Waals surface area contributed by atoms with E-state index in [2.05, 4.69) is 26.1 Å². The second kappa shape index (κ2) is 9.83. The lowest BCUT2D eigenvalue weighted by atomic mass is 10.2. The molecule has 8 nitrogen and oxygen atoms in total. The lowest BCUT2D eigenvalue weighted by Gasteiger charge is -2.06. The average Bonchev–Trinajstić information content (AvgIpc) is 3.52. The number of nitrogens with zero attached hydrogens (tertiary/aromatic N) is 3. The molecule has 0 aliphatic rings. The summed E-state index contributed by atoms with van der Waals surface area (Å²) in [5.41, 5.74) is 2.68. The van der Waals surface area contributed by atoms with Crippen LogP contribution in [0.2, 0.25) is 0 Å². The summed E-state index contributed by atoms with van der Waals surface area (Å²) in [6.45, 7) is 0. The smallest absolute Gasteiger partial charge is 0.263 e. The standard InChI is InChI=1S/C22H17N5O3S3/c1-30-18-6-2-15(3-7-18)20-14-32-21(26-20)16(12-23)13-25-17-4-8-19(9-5-17)33(28,29)27-22-24-10-11-31-22/h2-11,13-14,25H,1H3,(H,24,27)/b16-13+. The number of sulfonamides is 1. The first-order valence-corrected chi connectivity index (χ1v) is 12.7. The van der Waals surface area contributed by atoms with Gasteiger partial charge in [0.1, 0.15) is 22.4 Å². The summed E-state index contributed by atoms with van der Waals surface area (Å²) in [6.07, 6.45) is 3.07. The van der Waals surface area contributed by atoms with Gasteiger partial charge >= 0.3 is 0 Å². The molecule has 4 aromatic rings. The zero-order chi connectivity index (χ0) is 23.3. The van der Waals surface area contributed by atoms with Crippen LogP contribution in [0.5, 0.6) is 5.75 Å². The molecule has 4 rings (SSSR count). The number of rotatable bonds is 8. The van der Waals surface area contributed by atoms with E-state index in [0.29, 0.717) is 21.4 Å². The first kappa shape index (κ1) is 22.5. The highest BCUT2D eigenvalue weighted by Gasteiger charge is 2.15. The predicted molar refractivity (Wildman–Crippen MR) is 131 cm³/mol. The molecular formula is C22H17N5O3S3. The van der Waals surface area contributed by atoms with Gasteiger partial charge in [0.15, 0.2) is 5.13 Å². The Balaban J connectivity index is 1.46. The van der Waals surface area contributed by atoms with E-state index in [1.54, 1.807) is 30.8 Å². The maximum atomic E-state index is 12.4. The zero-order valence-electron chi connectivity index (χ0n) is 17.2. The normalized spacial score (nSPS) is 11.6. The van der Waals surface area contributed by atoms with Crippen LogP contribution in [0.1, 0.15) is 5.01 Å². The Morgan fingerprint density at radius 1 is 1.12 bits per heavy atom. The van der Waals surface area contributed by atoms with Crippen LogP contribution < -0.4 is 14.8 Å². The van der Waals surface area contributed by atoms with E-state index in [9.17, 15) is 13.7 Å².